The van der Waals surface area contributed by atoms with Gasteiger partial charge < -0.3 is 5.11 Å². The number of carboxylic acids is 1. The number of carboxylic acid groups (broad SMARTS) is 1. The summed E-state index contributed by atoms with van der Waals surface area (Å²) in [5, 5.41) is 32.1. The Kier molecular flexibility index (Phi) is 2.95. The van der Waals surface area contributed by atoms with Gasteiger partial charge in [-0.2, -0.15) is 10.4 Å². The number of nitrogens with zero attached hydrogens (tertiary/aromatic N) is 4. The van der Waals surface area contributed by atoms with E-state index in [1.54, 1.807) is 6.07 Å². The molecule has 0 atom stereocenters. The molecule has 0 fully saturated rings. The van der Waals surface area contributed by atoms with Crippen LogP contribution in [-0.2, 0) is 0 Å². The van der Waals surface area contributed by atoms with E-state index in [0.29, 0.717) is 0 Å². The average Bonchev–Trinajstić information content (AvgIpc) is 2.87. The third kappa shape index (κ3) is 2.25. The predicted molar refractivity (Wildman–Crippen MR) is 61.9 cm³/mol. The lowest BCUT2D eigenvalue weighted by molar-refractivity contribution is -0.384. The van der Waals surface area contributed by atoms with Gasteiger partial charge in [0.15, 0.2) is 5.69 Å². The number of hydrogen-bond acceptors (Lipinski definition) is 5. The quantitative estimate of drug-likeness (QED) is 0.654. The molecule has 19 heavy (non-hydrogen) atoms. The van der Waals surface area contributed by atoms with Crippen LogP contribution >= 0.6 is 0 Å². The van der Waals surface area contributed by atoms with E-state index >= 15 is 0 Å². The van der Waals surface area contributed by atoms with Crippen molar-refractivity contribution in [2.24, 2.45) is 0 Å². The number of rotatable bonds is 3. The molecule has 1 heterocycles. The fraction of sp³-hybridized carbons (Fsp3) is 0. The maximum Gasteiger partial charge on any atom is 0.356 e. The van der Waals surface area contributed by atoms with Gasteiger partial charge in [0, 0.05) is 12.3 Å². The molecule has 0 aliphatic heterocycles. The van der Waals surface area contributed by atoms with Crippen LogP contribution in [-0.4, -0.2) is 25.8 Å². The van der Waals surface area contributed by atoms with Crippen molar-refractivity contribution in [2.45, 2.75) is 0 Å². The summed E-state index contributed by atoms with van der Waals surface area (Å²) in [6.07, 6.45) is 1.30. The molecule has 94 valence electrons. The maximum atomic E-state index is 10.9. The zero-order valence-electron chi connectivity index (χ0n) is 9.35. The zero-order chi connectivity index (χ0) is 14.0. The summed E-state index contributed by atoms with van der Waals surface area (Å²) in [6.45, 7) is 0. The number of hydrogen-bond donors (Lipinski definition) is 1. The Morgan fingerprint density at radius 2 is 2.21 bits per heavy atom. The molecule has 0 amide bonds. The molecule has 0 bridgehead atoms. The second-order valence-electron chi connectivity index (χ2n) is 3.52. The van der Waals surface area contributed by atoms with Crippen molar-refractivity contribution in [3.05, 3.63) is 51.8 Å². The monoisotopic (exact) mass is 258 g/mol. The number of nitro benzene ring substituents is 1. The second-order valence-corrected chi connectivity index (χ2v) is 3.52. The average molecular weight is 258 g/mol. The van der Waals surface area contributed by atoms with Gasteiger partial charge in [-0.1, -0.05) is 0 Å². The number of benzene rings is 1. The fourth-order valence-electron chi connectivity index (χ4n) is 1.51. The highest BCUT2D eigenvalue weighted by Crippen LogP contribution is 2.23. The smallest absolute Gasteiger partial charge is 0.356 e. The highest BCUT2D eigenvalue weighted by Gasteiger charge is 2.18. The van der Waals surface area contributed by atoms with Crippen molar-refractivity contribution in [1.29, 1.82) is 5.26 Å². The number of aromatic nitrogens is 2. The van der Waals surface area contributed by atoms with Crippen LogP contribution in [0, 0.1) is 21.4 Å². The lowest BCUT2D eigenvalue weighted by Gasteiger charge is -2.02. The van der Waals surface area contributed by atoms with E-state index in [1.807, 2.05) is 0 Å². The van der Waals surface area contributed by atoms with Crippen molar-refractivity contribution < 1.29 is 14.8 Å². The van der Waals surface area contributed by atoms with Crippen LogP contribution in [0.5, 0.6) is 0 Å². The second kappa shape index (κ2) is 4.58. The van der Waals surface area contributed by atoms with E-state index in [-0.39, 0.29) is 22.6 Å². The normalized spacial score (nSPS) is 9.84. The van der Waals surface area contributed by atoms with Gasteiger partial charge in [0.1, 0.15) is 5.69 Å². The van der Waals surface area contributed by atoms with E-state index in [4.69, 9.17) is 10.4 Å². The standard InChI is InChI=1S/C11H6N4O4/c12-6-7-1-2-9(10(5-7)15(18)19)14-4-3-8(13-14)11(16)17/h1-5H,(H,16,17). The minimum Gasteiger partial charge on any atom is -0.476 e. The molecular weight excluding hydrogens is 252 g/mol. The molecule has 0 saturated heterocycles. The van der Waals surface area contributed by atoms with E-state index in [9.17, 15) is 14.9 Å². The highest BCUT2D eigenvalue weighted by atomic mass is 16.6. The Morgan fingerprint density at radius 1 is 1.47 bits per heavy atom. The van der Waals surface area contributed by atoms with E-state index < -0.39 is 10.9 Å². The summed E-state index contributed by atoms with van der Waals surface area (Å²) in [6, 6.07) is 6.87. The summed E-state index contributed by atoms with van der Waals surface area (Å²) >= 11 is 0. The largest absolute Gasteiger partial charge is 0.476 e. The lowest BCUT2D eigenvalue weighted by atomic mass is 10.2. The Hall–Kier alpha value is -3.21. The summed E-state index contributed by atoms with van der Waals surface area (Å²) in [5.74, 6) is -1.23. The van der Waals surface area contributed by atoms with Crippen molar-refractivity contribution in [3.63, 3.8) is 0 Å². The molecule has 0 spiro atoms. The van der Waals surface area contributed by atoms with Crippen molar-refractivity contribution in [1.82, 2.24) is 9.78 Å². The van der Waals surface area contributed by atoms with Crippen molar-refractivity contribution >= 4 is 11.7 Å². The summed E-state index contributed by atoms with van der Waals surface area (Å²) < 4.78 is 1.09. The summed E-state index contributed by atoms with van der Waals surface area (Å²) in [5.41, 5.74) is -0.310. The molecule has 2 aromatic rings. The zero-order valence-corrected chi connectivity index (χ0v) is 9.35. The first-order valence-corrected chi connectivity index (χ1v) is 5.01. The van der Waals surface area contributed by atoms with Crippen LogP contribution in [0.1, 0.15) is 16.1 Å². The van der Waals surface area contributed by atoms with E-state index in [0.717, 1.165) is 10.7 Å². The van der Waals surface area contributed by atoms with Gasteiger partial charge in [-0.25, -0.2) is 9.48 Å². The first-order chi connectivity index (χ1) is 9.02. The number of aromatic carboxylic acids is 1. The molecular formula is C11H6N4O4. The summed E-state index contributed by atoms with van der Waals surface area (Å²) in [7, 11) is 0. The highest BCUT2D eigenvalue weighted by molar-refractivity contribution is 5.85. The van der Waals surface area contributed by atoms with Gasteiger partial charge in [-0.05, 0) is 18.2 Å². The Labute approximate surface area is 106 Å². The Balaban J connectivity index is 2.58. The number of nitro groups is 1. The third-order valence-corrected chi connectivity index (χ3v) is 2.36. The molecule has 1 aromatic carbocycles. The van der Waals surface area contributed by atoms with Crippen LogP contribution in [0.2, 0.25) is 0 Å². The molecule has 0 aliphatic carbocycles. The molecule has 2 rings (SSSR count). The van der Waals surface area contributed by atoms with Crippen molar-refractivity contribution in [2.75, 3.05) is 0 Å². The SMILES string of the molecule is N#Cc1ccc(-n2ccc(C(=O)O)n2)c([N+](=O)[O-])c1. The maximum absolute atomic E-state index is 10.9. The van der Waals surface area contributed by atoms with Crippen LogP contribution in [0.25, 0.3) is 5.69 Å². The van der Waals surface area contributed by atoms with Gasteiger partial charge in [0.25, 0.3) is 5.69 Å². The van der Waals surface area contributed by atoms with Crippen LogP contribution < -0.4 is 0 Å². The molecule has 0 radical (unpaired) electrons. The van der Waals surface area contributed by atoms with Gasteiger partial charge in [-0.15, -0.1) is 0 Å². The predicted octanol–water partition coefficient (Wildman–Crippen LogP) is 1.35. The van der Waals surface area contributed by atoms with Gasteiger partial charge in [0.05, 0.1) is 16.6 Å². The van der Waals surface area contributed by atoms with Gasteiger partial charge in [-0.3, -0.25) is 10.1 Å². The van der Waals surface area contributed by atoms with E-state index in [2.05, 4.69) is 5.10 Å². The topological polar surface area (TPSA) is 122 Å². The van der Waals surface area contributed by atoms with Crippen molar-refractivity contribution in [3.8, 4) is 11.8 Å². The lowest BCUT2D eigenvalue weighted by Crippen LogP contribution is -2.04. The number of carbonyl (C=O) groups is 1. The van der Waals surface area contributed by atoms with E-state index in [1.165, 1.54) is 24.4 Å². The van der Waals surface area contributed by atoms with Crippen LogP contribution in [0.3, 0.4) is 0 Å². The Morgan fingerprint density at radius 3 is 2.74 bits per heavy atom. The van der Waals surface area contributed by atoms with Gasteiger partial charge in [0.2, 0.25) is 0 Å². The molecule has 8 nitrogen and oxygen atoms in total. The molecule has 1 N–H and O–H groups in total. The molecule has 0 aliphatic rings. The molecule has 0 saturated carbocycles. The minimum absolute atomic E-state index is 0.0940. The van der Waals surface area contributed by atoms with Crippen LogP contribution in [0.4, 0.5) is 5.69 Å². The first kappa shape index (κ1) is 12.3. The van der Waals surface area contributed by atoms with Crippen LogP contribution in [0.15, 0.2) is 30.5 Å². The fourth-order valence-corrected chi connectivity index (χ4v) is 1.51. The minimum atomic E-state index is -1.23. The number of nitriles is 1. The molecule has 0 unspecified atom stereocenters. The van der Waals surface area contributed by atoms with Gasteiger partial charge >= 0.3 is 5.97 Å². The molecule has 8 heteroatoms. The molecule has 1 aromatic heterocycles. The summed E-state index contributed by atoms with van der Waals surface area (Å²) in [4.78, 5) is 21.0. The third-order valence-electron chi connectivity index (χ3n) is 2.36. The Bertz CT molecular complexity index is 714. The first-order valence-electron chi connectivity index (χ1n) is 5.01.